The Hall–Kier alpha value is -1.88. The first-order valence-electron chi connectivity index (χ1n) is 6.22. The van der Waals surface area contributed by atoms with Gasteiger partial charge in [-0.1, -0.05) is 12.1 Å². The van der Waals surface area contributed by atoms with E-state index in [1.165, 1.54) is 11.3 Å². The van der Waals surface area contributed by atoms with Gasteiger partial charge in [-0.2, -0.15) is 0 Å². The Kier molecular flexibility index (Phi) is 3.21. The number of hydrogen-bond acceptors (Lipinski definition) is 4. The Morgan fingerprint density at radius 3 is 2.89 bits per heavy atom. The highest BCUT2D eigenvalue weighted by molar-refractivity contribution is 7.15. The number of aromatic nitrogens is 1. The number of nitrogens with one attached hydrogen (secondary N) is 1. The van der Waals surface area contributed by atoms with Gasteiger partial charge in [0.1, 0.15) is 5.75 Å². The molecule has 0 spiro atoms. The molecule has 4 nitrogen and oxygen atoms in total. The summed E-state index contributed by atoms with van der Waals surface area (Å²) >= 11 is 1.46. The second kappa shape index (κ2) is 5.01. The van der Waals surface area contributed by atoms with Crippen molar-refractivity contribution in [3.05, 3.63) is 40.9 Å². The van der Waals surface area contributed by atoms with Crippen molar-refractivity contribution in [1.29, 1.82) is 0 Å². The number of benzene rings is 1. The normalized spacial score (nSPS) is 14.2. The Balaban J connectivity index is 1.78. The first-order valence-corrected chi connectivity index (χ1v) is 7.03. The van der Waals surface area contributed by atoms with Crippen LogP contribution in [0.2, 0.25) is 0 Å². The van der Waals surface area contributed by atoms with Gasteiger partial charge in [0.2, 0.25) is 0 Å². The second-order valence-electron chi connectivity index (χ2n) is 4.54. The standard InChI is InChI=1S/C14H14N2O2S/c1-9-8-15-14(19-9)16-13(17)11-4-2-3-5-12(11)18-10-6-7-10/h2-5,8,10H,6-7H2,1H3,(H,15,16,17). The molecular weight excluding hydrogens is 260 g/mol. The van der Waals surface area contributed by atoms with E-state index in [0.29, 0.717) is 16.4 Å². The van der Waals surface area contributed by atoms with Crippen molar-refractivity contribution in [2.24, 2.45) is 0 Å². The molecule has 1 fully saturated rings. The lowest BCUT2D eigenvalue weighted by atomic mass is 10.2. The lowest BCUT2D eigenvalue weighted by Gasteiger charge is -2.09. The highest BCUT2D eigenvalue weighted by Gasteiger charge is 2.25. The summed E-state index contributed by atoms with van der Waals surface area (Å²) in [6.45, 7) is 1.96. The van der Waals surface area contributed by atoms with Crippen molar-refractivity contribution < 1.29 is 9.53 Å². The summed E-state index contributed by atoms with van der Waals surface area (Å²) in [6.07, 6.45) is 4.16. The molecule has 1 heterocycles. The molecule has 1 aromatic carbocycles. The van der Waals surface area contributed by atoms with E-state index in [9.17, 15) is 4.79 Å². The van der Waals surface area contributed by atoms with Crippen LogP contribution in [0.15, 0.2) is 30.5 Å². The largest absolute Gasteiger partial charge is 0.490 e. The van der Waals surface area contributed by atoms with E-state index in [1.807, 2.05) is 25.1 Å². The third kappa shape index (κ3) is 2.93. The monoisotopic (exact) mass is 274 g/mol. The molecule has 0 atom stereocenters. The molecule has 1 N–H and O–H groups in total. The summed E-state index contributed by atoms with van der Waals surface area (Å²) in [4.78, 5) is 17.4. The molecule has 0 unspecified atom stereocenters. The molecule has 5 heteroatoms. The van der Waals surface area contributed by atoms with Crippen molar-refractivity contribution in [2.75, 3.05) is 5.32 Å². The Morgan fingerprint density at radius 1 is 1.42 bits per heavy atom. The number of amides is 1. The van der Waals surface area contributed by atoms with Gasteiger partial charge in [0, 0.05) is 11.1 Å². The molecule has 1 aliphatic carbocycles. The van der Waals surface area contributed by atoms with Gasteiger partial charge in [0.05, 0.1) is 11.7 Å². The van der Waals surface area contributed by atoms with Crippen molar-refractivity contribution in [3.8, 4) is 5.75 Å². The van der Waals surface area contributed by atoms with Gasteiger partial charge >= 0.3 is 0 Å². The van der Waals surface area contributed by atoms with Gasteiger partial charge in [-0.3, -0.25) is 10.1 Å². The van der Waals surface area contributed by atoms with Gasteiger partial charge in [-0.05, 0) is 31.9 Å². The zero-order valence-electron chi connectivity index (χ0n) is 10.6. The van der Waals surface area contributed by atoms with E-state index in [1.54, 1.807) is 12.3 Å². The molecule has 1 aromatic heterocycles. The van der Waals surface area contributed by atoms with E-state index in [-0.39, 0.29) is 12.0 Å². The van der Waals surface area contributed by atoms with Crippen LogP contribution in [0.1, 0.15) is 28.1 Å². The molecule has 1 aliphatic rings. The van der Waals surface area contributed by atoms with Crippen LogP contribution in [0.3, 0.4) is 0 Å². The average molecular weight is 274 g/mol. The van der Waals surface area contributed by atoms with Gasteiger partial charge in [-0.25, -0.2) is 4.98 Å². The van der Waals surface area contributed by atoms with Crippen molar-refractivity contribution >= 4 is 22.4 Å². The molecule has 0 saturated heterocycles. The minimum atomic E-state index is -0.175. The Labute approximate surface area is 115 Å². The first-order chi connectivity index (χ1) is 9.22. The molecule has 98 valence electrons. The SMILES string of the molecule is Cc1cnc(NC(=O)c2ccccc2OC2CC2)s1. The molecule has 1 amide bonds. The number of carbonyl (C=O) groups is 1. The fourth-order valence-corrected chi connectivity index (χ4v) is 2.36. The van der Waals surface area contributed by atoms with E-state index in [2.05, 4.69) is 10.3 Å². The van der Waals surface area contributed by atoms with Gasteiger partial charge in [0.15, 0.2) is 5.13 Å². The highest BCUT2D eigenvalue weighted by atomic mass is 32.1. The van der Waals surface area contributed by atoms with E-state index < -0.39 is 0 Å². The van der Waals surface area contributed by atoms with Crippen LogP contribution in [0.25, 0.3) is 0 Å². The quantitative estimate of drug-likeness (QED) is 0.931. The maximum Gasteiger partial charge on any atom is 0.261 e. The highest BCUT2D eigenvalue weighted by Crippen LogP contribution is 2.29. The smallest absolute Gasteiger partial charge is 0.261 e. The van der Waals surface area contributed by atoms with E-state index in [4.69, 9.17) is 4.74 Å². The summed E-state index contributed by atoms with van der Waals surface area (Å²) in [5.74, 6) is 0.473. The van der Waals surface area contributed by atoms with Gasteiger partial charge in [0.25, 0.3) is 5.91 Å². The summed E-state index contributed by atoms with van der Waals surface area (Å²) in [7, 11) is 0. The fraction of sp³-hybridized carbons (Fsp3) is 0.286. The molecule has 0 radical (unpaired) electrons. The number of para-hydroxylation sites is 1. The number of carbonyl (C=O) groups excluding carboxylic acids is 1. The predicted molar refractivity (Wildman–Crippen MR) is 74.9 cm³/mol. The predicted octanol–water partition coefficient (Wildman–Crippen LogP) is 3.25. The number of thiazole rings is 1. The maximum atomic E-state index is 12.2. The zero-order valence-corrected chi connectivity index (χ0v) is 11.4. The minimum absolute atomic E-state index is 0.175. The number of hydrogen-bond donors (Lipinski definition) is 1. The number of aryl methyl sites for hydroxylation is 1. The van der Waals surface area contributed by atoms with Gasteiger partial charge in [-0.15, -0.1) is 11.3 Å². The van der Waals surface area contributed by atoms with Crippen molar-refractivity contribution in [2.45, 2.75) is 25.9 Å². The number of ether oxygens (including phenoxy) is 1. The number of anilines is 1. The van der Waals surface area contributed by atoms with E-state index in [0.717, 1.165) is 17.7 Å². The van der Waals surface area contributed by atoms with Gasteiger partial charge < -0.3 is 4.74 Å². The van der Waals surface area contributed by atoms with Crippen LogP contribution in [0.4, 0.5) is 5.13 Å². The van der Waals surface area contributed by atoms with Crippen LogP contribution >= 0.6 is 11.3 Å². The Morgan fingerprint density at radius 2 is 2.21 bits per heavy atom. The molecule has 0 bridgehead atoms. The van der Waals surface area contributed by atoms with Crippen LogP contribution in [0.5, 0.6) is 5.75 Å². The molecule has 3 rings (SSSR count). The lowest BCUT2D eigenvalue weighted by Crippen LogP contribution is -2.13. The third-order valence-corrected chi connectivity index (χ3v) is 3.62. The topological polar surface area (TPSA) is 51.2 Å². The average Bonchev–Trinajstić information content (AvgIpc) is 3.12. The lowest BCUT2D eigenvalue weighted by molar-refractivity contribution is 0.102. The summed E-state index contributed by atoms with van der Waals surface area (Å²) in [5.41, 5.74) is 0.558. The number of rotatable bonds is 4. The summed E-state index contributed by atoms with van der Waals surface area (Å²) in [6, 6.07) is 7.32. The summed E-state index contributed by atoms with van der Waals surface area (Å²) in [5, 5.41) is 3.42. The van der Waals surface area contributed by atoms with E-state index >= 15 is 0 Å². The van der Waals surface area contributed by atoms with Crippen LogP contribution in [-0.2, 0) is 0 Å². The van der Waals surface area contributed by atoms with Crippen LogP contribution in [-0.4, -0.2) is 17.0 Å². The van der Waals surface area contributed by atoms with Crippen LogP contribution < -0.4 is 10.1 Å². The zero-order chi connectivity index (χ0) is 13.2. The van der Waals surface area contributed by atoms with Crippen molar-refractivity contribution in [3.63, 3.8) is 0 Å². The maximum absolute atomic E-state index is 12.2. The minimum Gasteiger partial charge on any atom is -0.490 e. The third-order valence-electron chi connectivity index (χ3n) is 2.79. The molecule has 0 aliphatic heterocycles. The second-order valence-corrected chi connectivity index (χ2v) is 5.78. The van der Waals surface area contributed by atoms with Crippen molar-refractivity contribution in [1.82, 2.24) is 4.98 Å². The number of nitrogens with zero attached hydrogens (tertiary/aromatic N) is 1. The molecule has 2 aromatic rings. The molecule has 19 heavy (non-hydrogen) atoms. The summed E-state index contributed by atoms with van der Waals surface area (Å²) < 4.78 is 5.74. The molecule has 1 saturated carbocycles. The fourth-order valence-electron chi connectivity index (χ4n) is 1.70. The molecular formula is C14H14N2O2S. The first kappa shape index (κ1) is 12.2. The Bertz CT molecular complexity index is 605. The van der Waals surface area contributed by atoms with Crippen LogP contribution in [0, 0.1) is 6.92 Å².